The molecule has 0 bridgehead atoms. The second kappa shape index (κ2) is 9.28. The number of hydrogen-bond acceptors (Lipinski definition) is 4. The molecular formula is C16H17N2O2Tl. The summed E-state index contributed by atoms with van der Waals surface area (Å²) in [6.07, 6.45) is 3.26. The molecule has 0 fully saturated rings. The zero-order valence-electron chi connectivity index (χ0n) is 11.7. The molecule has 0 unspecified atom stereocenters. The van der Waals surface area contributed by atoms with Crippen LogP contribution in [0.3, 0.4) is 0 Å². The van der Waals surface area contributed by atoms with Crippen molar-refractivity contribution in [1.29, 1.82) is 0 Å². The molecule has 5 heteroatoms. The van der Waals surface area contributed by atoms with Crippen molar-refractivity contribution in [3.8, 4) is 11.5 Å². The SMILES string of the molecule is Oc1ccccc1/C=N/CC/N=C/c1ccccc1O.[TlH]. The molecule has 0 aliphatic carbocycles. The quantitative estimate of drug-likeness (QED) is 0.396. The normalized spacial score (nSPS) is 10.9. The molecule has 0 aliphatic rings. The van der Waals surface area contributed by atoms with Gasteiger partial charge in [-0.25, -0.2) is 0 Å². The fourth-order valence-corrected chi connectivity index (χ4v) is 1.63. The van der Waals surface area contributed by atoms with Crippen molar-refractivity contribution in [1.82, 2.24) is 0 Å². The molecular weight excluding hydrogens is 457 g/mol. The van der Waals surface area contributed by atoms with Crippen molar-refractivity contribution in [2.45, 2.75) is 0 Å². The Morgan fingerprint density at radius 1 is 0.714 bits per heavy atom. The summed E-state index contributed by atoms with van der Waals surface area (Å²) in [5.41, 5.74) is 1.38. The third-order valence-electron chi connectivity index (χ3n) is 2.69. The first-order valence-electron chi connectivity index (χ1n) is 6.33. The Morgan fingerprint density at radius 2 is 1.10 bits per heavy atom. The van der Waals surface area contributed by atoms with Crippen LogP contribution in [0.15, 0.2) is 58.5 Å². The predicted molar refractivity (Wildman–Crippen MR) is 88.3 cm³/mol. The van der Waals surface area contributed by atoms with Gasteiger partial charge in [0.1, 0.15) is 11.5 Å². The summed E-state index contributed by atoms with van der Waals surface area (Å²) in [7, 11) is 0. The first-order valence-corrected chi connectivity index (χ1v) is 6.33. The summed E-state index contributed by atoms with van der Waals surface area (Å²) in [6.45, 7) is 1.05. The van der Waals surface area contributed by atoms with Crippen molar-refractivity contribution in [2.24, 2.45) is 9.98 Å². The number of nitrogens with zero attached hydrogens (tertiary/aromatic N) is 2. The van der Waals surface area contributed by atoms with Gasteiger partial charge in [-0.15, -0.1) is 0 Å². The minimum atomic E-state index is 0. The van der Waals surface area contributed by atoms with Gasteiger partial charge in [0, 0.05) is 23.6 Å². The molecule has 2 N–H and O–H groups in total. The van der Waals surface area contributed by atoms with Crippen LogP contribution < -0.4 is 0 Å². The van der Waals surface area contributed by atoms with E-state index in [1.807, 2.05) is 12.1 Å². The van der Waals surface area contributed by atoms with Crippen LogP contribution in [0.5, 0.6) is 11.5 Å². The molecule has 0 spiro atoms. The molecule has 21 heavy (non-hydrogen) atoms. The van der Waals surface area contributed by atoms with Gasteiger partial charge >= 0.3 is 27.3 Å². The first kappa shape index (κ1) is 17.4. The summed E-state index contributed by atoms with van der Waals surface area (Å²) in [4.78, 5) is 8.39. The molecule has 1 radical (unpaired) electrons. The Bertz CT molecular complexity index is 572. The molecule has 0 saturated carbocycles. The fraction of sp³-hybridized carbons (Fsp3) is 0.125. The van der Waals surface area contributed by atoms with Crippen LogP contribution in [0.1, 0.15) is 11.1 Å². The number of rotatable bonds is 5. The van der Waals surface area contributed by atoms with E-state index in [4.69, 9.17) is 0 Å². The van der Waals surface area contributed by atoms with E-state index in [0.29, 0.717) is 24.2 Å². The zero-order chi connectivity index (χ0) is 14.2. The molecule has 0 amide bonds. The summed E-state index contributed by atoms with van der Waals surface area (Å²) >= 11 is 0. The van der Waals surface area contributed by atoms with Crippen molar-refractivity contribution >= 4 is 39.7 Å². The standard InChI is InChI=1S/C16H16N2O2.Tl.H/c19-15-7-3-1-5-13(15)11-17-9-10-18-12-14-6-2-4-8-16(14)20;;/h1-8,11-12,19-20H,9-10H2;;/b17-11+,18-12+;;. The van der Waals surface area contributed by atoms with E-state index in [2.05, 4.69) is 9.98 Å². The number of para-hydroxylation sites is 2. The Hall–Kier alpha value is -1.70. The molecule has 0 saturated heterocycles. The maximum absolute atomic E-state index is 9.54. The van der Waals surface area contributed by atoms with Crippen LogP contribution in [-0.2, 0) is 0 Å². The van der Waals surface area contributed by atoms with Crippen LogP contribution in [0.4, 0.5) is 0 Å². The molecule has 106 valence electrons. The van der Waals surface area contributed by atoms with Gasteiger partial charge < -0.3 is 10.2 Å². The van der Waals surface area contributed by atoms with Crippen LogP contribution in [0.25, 0.3) is 0 Å². The van der Waals surface area contributed by atoms with E-state index in [0.717, 1.165) is 0 Å². The molecule has 4 nitrogen and oxygen atoms in total. The van der Waals surface area contributed by atoms with E-state index in [-0.39, 0.29) is 38.8 Å². The number of aliphatic imine (C=N–C) groups is 2. The Labute approximate surface area is 144 Å². The predicted octanol–water partition coefficient (Wildman–Crippen LogP) is 1.99. The van der Waals surface area contributed by atoms with E-state index in [1.165, 1.54) is 0 Å². The molecule has 2 rings (SSSR count). The fourth-order valence-electron chi connectivity index (χ4n) is 1.63. The molecule has 0 aromatic heterocycles. The average Bonchev–Trinajstić information content (AvgIpc) is 2.46. The Morgan fingerprint density at radius 3 is 1.48 bits per heavy atom. The molecule has 0 aliphatic heterocycles. The van der Waals surface area contributed by atoms with E-state index < -0.39 is 0 Å². The molecule has 0 atom stereocenters. The summed E-state index contributed by atoms with van der Waals surface area (Å²) in [5, 5.41) is 19.1. The van der Waals surface area contributed by atoms with Crippen molar-refractivity contribution < 1.29 is 10.2 Å². The number of benzene rings is 2. The van der Waals surface area contributed by atoms with Crippen LogP contribution in [0.2, 0.25) is 0 Å². The molecule has 2 aromatic rings. The second-order valence-corrected chi connectivity index (χ2v) is 4.19. The third kappa shape index (κ3) is 5.66. The van der Waals surface area contributed by atoms with Crippen molar-refractivity contribution in [3.63, 3.8) is 0 Å². The number of phenolic OH excluding ortho intramolecular Hbond substituents is 2. The number of hydrogen-bond donors (Lipinski definition) is 2. The van der Waals surface area contributed by atoms with E-state index >= 15 is 0 Å². The molecule has 2 aromatic carbocycles. The van der Waals surface area contributed by atoms with Gasteiger partial charge in [-0.2, -0.15) is 0 Å². The van der Waals surface area contributed by atoms with Gasteiger partial charge in [0.25, 0.3) is 0 Å². The maximum atomic E-state index is 9.54. The zero-order valence-corrected chi connectivity index (χ0v) is 17.2. The minimum absolute atomic E-state index is 0. The third-order valence-corrected chi connectivity index (χ3v) is 2.69. The first-order chi connectivity index (χ1) is 9.77. The van der Waals surface area contributed by atoms with Crippen LogP contribution in [-0.4, -0.2) is 63.0 Å². The van der Waals surface area contributed by atoms with Gasteiger partial charge in [-0.05, 0) is 24.3 Å². The topological polar surface area (TPSA) is 65.2 Å². The Kier molecular flexibility index (Phi) is 7.67. The van der Waals surface area contributed by atoms with Crippen LogP contribution in [0, 0.1) is 0 Å². The monoisotopic (exact) mass is 474 g/mol. The second-order valence-electron chi connectivity index (χ2n) is 4.19. The molecule has 0 heterocycles. The van der Waals surface area contributed by atoms with Crippen molar-refractivity contribution in [3.05, 3.63) is 59.7 Å². The van der Waals surface area contributed by atoms with Gasteiger partial charge in [-0.3, -0.25) is 9.98 Å². The van der Waals surface area contributed by atoms with E-state index in [9.17, 15) is 10.2 Å². The van der Waals surface area contributed by atoms with Gasteiger partial charge in [-0.1, -0.05) is 24.3 Å². The van der Waals surface area contributed by atoms with Crippen molar-refractivity contribution in [2.75, 3.05) is 13.1 Å². The van der Waals surface area contributed by atoms with Gasteiger partial charge in [0.2, 0.25) is 0 Å². The van der Waals surface area contributed by atoms with Gasteiger partial charge in [0.15, 0.2) is 0 Å². The van der Waals surface area contributed by atoms with E-state index in [1.54, 1.807) is 48.8 Å². The summed E-state index contributed by atoms with van der Waals surface area (Å²) in [6, 6.07) is 14.1. The number of aromatic hydroxyl groups is 2. The summed E-state index contributed by atoms with van der Waals surface area (Å²) < 4.78 is 0. The number of phenols is 2. The van der Waals surface area contributed by atoms with Crippen LogP contribution >= 0.6 is 0 Å². The summed E-state index contributed by atoms with van der Waals surface area (Å²) in [5.74, 6) is 0.433. The Balaban J connectivity index is 0.00000220. The van der Waals surface area contributed by atoms with Gasteiger partial charge in [0.05, 0.1) is 13.1 Å². The average molecular weight is 474 g/mol.